The van der Waals surface area contributed by atoms with Gasteiger partial charge in [-0.2, -0.15) is 0 Å². The Morgan fingerprint density at radius 2 is 2.18 bits per heavy atom. The smallest absolute Gasteiger partial charge is 0.264 e. The van der Waals surface area contributed by atoms with Crippen molar-refractivity contribution in [3.63, 3.8) is 0 Å². The average molecular weight is 386 g/mol. The third-order valence-electron chi connectivity index (χ3n) is 5.17. The van der Waals surface area contributed by atoms with Crippen molar-refractivity contribution >= 4 is 11.6 Å². The highest BCUT2D eigenvalue weighted by Gasteiger charge is 2.51. The number of hydrogen-bond acceptors (Lipinski definition) is 6. The molecular formula is C20H26N4O4. The molecule has 0 saturated heterocycles. The van der Waals surface area contributed by atoms with Crippen LogP contribution < -0.4 is 9.64 Å². The van der Waals surface area contributed by atoms with Crippen LogP contribution in [0, 0.1) is 5.92 Å². The van der Waals surface area contributed by atoms with Crippen LogP contribution in [0.1, 0.15) is 24.6 Å². The van der Waals surface area contributed by atoms with Gasteiger partial charge in [0, 0.05) is 44.3 Å². The summed E-state index contributed by atoms with van der Waals surface area (Å²) >= 11 is 0. The zero-order valence-electron chi connectivity index (χ0n) is 16.4. The molecule has 150 valence electrons. The number of allylic oxidation sites excluding steroid dienone is 1. The summed E-state index contributed by atoms with van der Waals surface area (Å²) < 4.78 is 6.97. The van der Waals surface area contributed by atoms with Crippen LogP contribution >= 0.6 is 0 Å². The Labute approximate surface area is 164 Å². The number of fused-ring (bicyclic) bond motifs is 1. The second kappa shape index (κ2) is 8.12. The number of likely N-dealkylation sites (N-methyl/N-ethyl adjacent to an activating group) is 1. The minimum absolute atomic E-state index is 0.0451. The van der Waals surface area contributed by atoms with Crippen molar-refractivity contribution in [2.24, 2.45) is 5.92 Å². The fourth-order valence-corrected chi connectivity index (χ4v) is 3.48. The van der Waals surface area contributed by atoms with Gasteiger partial charge in [0.1, 0.15) is 5.75 Å². The minimum atomic E-state index is -1.63. The monoisotopic (exact) mass is 386 g/mol. The number of carbonyl (C=O) groups excluding carboxylic acids is 1. The molecule has 8 heteroatoms. The highest BCUT2D eigenvalue weighted by atomic mass is 16.5. The molecule has 28 heavy (non-hydrogen) atoms. The Bertz CT molecular complexity index is 879. The molecule has 0 spiro atoms. The molecule has 2 heterocycles. The largest absolute Gasteiger partial charge is 0.497 e. The first-order valence-corrected chi connectivity index (χ1v) is 9.27. The zero-order valence-corrected chi connectivity index (χ0v) is 16.4. The van der Waals surface area contributed by atoms with Crippen LogP contribution in [0.2, 0.25) is 0 Å². The number of benzene rings is 1. The number of aryl methyl sites for hydroxylation is 1. The quantitative estimate of drug-likeness (QED) is 0.663. The van der Waals surface area contributed by atoms with E-state index < -0.39 is 11.5 Å². The van der Waals surface area contributed by atoms with E-state index in [1.165, 1.54) is 4.90 Å². The van der Waals surface area contributed by atoms with E-state index in [0.717, 1.165) is 5.69 Å². The first-order chi connectivity index (χ1) is 13.4. The van der Waals surface area contributed by atoms with Crippen molar-refractivity contribution in [3.05, 3.63) is 47.8 Å². The minimum Gasteiger partial charge on any atom is -0.497 e. The van der Waals surface area contributed by atoms with Gasteiger partial charge >= 0.3 is 0 Å². The highest BCUT2D eigenvalue weighted by Crippen LogP contribution is 2.45. The summed E-state index contributed by atoms with van der Waals surface area (Å²) in [6.45, 7) is 2.49. The first kappa shape index (κ1) is 20.0. The summed E-state index contributed by atoms with van der Waals surface area (Å²) in [5, 5.41) is 28.2. The number of aliphatic hydroxyl groups excluding tert-OH is 1. The molecule has 0 saturated carbocycles. The van der Waals surface area contributed by atoms with Crippen LogP contribution in [-0.2, 0) is 23.4 Å². The second-order valence-corrected chi connectivity index (χ2v) is 6.97. The SMILES string of the molecule is COc1ccc2c(c1)[C@@](O)([C@H](C)/C=C/CCn1cc(CCO)nn1)C(=O)N2C. The Morgan fingerprint density at radius 3 is 2.89 bits per heavy atom. The van der Waals surface area contributed by atoms with Gasteiger partial charge < -0.3 is 19.8 Å². The molecule has 1 amide bonds. The van der Waals surface area contributed by atoms with E-state index in [1.54, 1.807) is 43.2 Å². The number of methoxy groups -OCH3 is 1. The summed E-state index contributed by atoms with van der Waals surface area (Å²) in [7, 11) is 3.22. The molecule has 2 aromatic rings. The van der Waals surface area contributed by atoms with E-state index in [4.69, 9.17) is 9.84 Å². The maximum Gasteiger partial charge on any atom is 0.264 e. The van der Waals surface area contributed by atoms with Crippen LogP contribution in [0.15, 0.2) is 36.5 Å². The third-order valence-corrected chi connectivity index (χ3v) is 5.17. The lowest BCUT2D eigenvalue weighted by Crippen LogP contribution is -2.43. The van der Waals surface area contributed by atoms with E-state index in [9.17, 15) is 9.90 Å². The van der Waals surface area contributed by atoms with Gasteiger partial charge in [0.15, 0.2) is 5.60 Å². The topological polar surface area (TPSA) is 101 Å². The van der Waals surface area contributed by atoms with Crippen LogP contribution in [-0.4, -0.2) is 51.9 Å². The molecular weight excluding hydrogens is 360 g/mol. The molecule has 0 fully saturated rings. The number of ether oxygens (including phenoxy) is 1. The summed E-state index contributed by atoms with van der Waals surface area (Å²) in [6.07, 6.45) is 6.75. The number of aliphatic hydroxyl groups is 2. The highest BCUT2D eigenvalue weighted by molar-refractivity contribution is 6.07. The molecule has 1 aliphatic heterocycles. The molecule has 1 aromatic carbocycles. The molecule has 0 aliphatic carbocycles. The molecule has 2 atom stereocenters. The lowest BCUT2D eigenvalue weighted by atomic mass is 9.83. The van der Waals surface area contributed by atoms with E-state index in [1.807, 2.05) is 19.1 Å². The van der Waals surface area contributed by atoms with Gasteiger partial charge in [-0.25, -0.2) is 0 Å². The van der Waals surface area contributed by atoms with E-state index in [2.05, 4.69) is 10.3 Å². The Hall–Kier alpha value is -2.71. The fourth-order valence-electron chi connectivity index (χ4n) is 3.48. The van der Waals surface area contributed by atoms with Gasteiger partial charge in [-0.3, -0.25) is 9.48 Å². The number of nitrogens with zero attached hydrogens (tertiary/aromatic N) is 4. The predicted octanol–water partition coefficient (Wildman–Crippen LogP) is 1.27. The first-order valence-electron chi connectivity index (χ1n) is 9.27. The summed E-state index contributed by atoms with van der Waals surface area (Å²) in [5.41, 5.74) is 0.365. The average Bonchev–Trinajstić information content (AvgIpc) is 3.23. The van der Waals surface area contributed by atoms with Crippen LogP contribution in [0.3, 0.4) is 0 Å². The van der Waals surface area contributed by atoms with Crippen molar-refractivity contribution in [2.45, 2.75) is 31.9 Å². The molecule has 1 aromatic heterocycles. The van der Waals surface area contributed by atoms with Gasteiger partial charge in [-0.1, -0.05) is 24.3 Å². The van der Waals surface area contributed by atoms with Crippen LogP contribution in [0.5, 0.6) is 5.75 Å². The van der Waals surface area contributed by atoms with E-state index in [0.29, 0.717) is 36.4 Å². The van der Waals surface area contributed by atoms with Crippen molar-refractivity contribution in [1.82, 2.24) is 15.0 Å². The molecule has 0 bridgehead atoms. The molecule has 0 radical (unpaired) electrons. The summed E-state index contributed by atoms with van der Waals surface area (Å²) in [5.74, 6) is -0.171. The van der Waals surface area contributed by atoms with Gasteiger partial charge in [0.05, 0.1) is 18.5 Å². The van der Waals surface area contributed by atoms with E-state index in [-0.39, 0.29) is 12.5 Å². The Kier molecular flexibility index (Phi) is 5.81. The van der Waals surface area contributed by atoms with Crippen molar-refractivity contribution < 1.29 is 19.7 Å². The van der Waals surface area contributed by atoms with Gasteiger partial charge in [-0.15, -0.1) is 5.10 Å². The number of anilines is 1. The number of rotatable bonds is 8. The number of amides is 1. The number of carbonyl (C=O) groups is 1. The fraction of sp³-hybridized carbons (Fsp3) is 0.450. The van der Waals surface area contributed by atoms with Gasteiger partial charge in [0.25, 0.3) is 5.91 Å². The molecule has 1 aliphatic rings. The number of hydrogen-bond donors (Lipinski definition) is 2. The molecule has 2 N–H and O–H groups in total. The van der Waals surface area contributed by atoms with Crippen LogP contribution in [0.25, 0.3) is 0 Å². The Morgan fingerprint density at radius 1 is 1.39 bits per heavy atom. The molecule has 0 unspecified atom stereocenters. The van der Waals surface area contributed by atoms with Crippen molar-refractivity contribution in [2.75, 3.05) is 25.7 Å². The summed E-state index contributed by atoms with van der Waals surface area (Å²) in [4.78, 5) is 14.3. The molecule has 8 nitrogen and oxygen atoms in total. The maximum atomic E-state index is 12.8. The van der Waals surface area contributed by atoms with Crippen LogP contribution in [0.4, 0.5) is 5.69 Å². The summed E-state index contributed by atoms with van der Waals surface area (Å²) in [6, 6.07) is 5.28. The second-order valence-electron chi connectivity index (χ2n) is 6.97. The zero-order chi connectivity index (χ0) is 20.3. The van der Waals surface area contributed by atoms with Gasteiger partial charge in [-0.05, 0) is 24.6 Å². The standard InChI is InChI=1S/C20H26N4O4/c1-14(6-4-5-10-24-13-15(9-11-25)21-22-24)20(27)17-12-16(28-3)7-8-18(17)23(2)19(20)26/h4,6-8,12-14,25,27H,5,9-11H2,1-3H3/b6-4+/t14-,20+/m1/s1. The molecule has 3 rings (SSSR count). The predicted molar refractivity (Wildman–Crippen MR) is 104 cm³/mol. The van der Waals surface area contributed by atoms with Crippen molar-refractivity contribution in [3.8, 4) is 5.75 Å². The maximum absolute atomic E-state index is 12.8. The third kappa shape index (κ3) is 3.53. The van der Waals surface area contributed by atoms with Gasteiger partial charge in [0.2, 0.25) is 0 Å². The lowest BCUT2D eigenvalue weighted by Gasteiger charge is -2.27. The van der Waals surface area contributed by atoms with E-state index >= 15 is 0 Å². The lowest BCUT2D eigenvalue weighted by molar-refractivity contribution is -0.139. The van der Waals surface area contributed by atoms with Crippen molar-refractivity contribution in [1.29, 1.82) is 0 Å². The number of aromatic nitrogens is 3. The Balaban J connectivity index is 1.71. The normalized spacial score (nSPS) is 20.0.